The van der Waals surface area contributed by atoms with E-state index in [1.807, 2.05) is 96.1 Å². The average Bonchev–Trinajstić information content (AvgIpc) is 3.07. The van der Waals surface area contributed by atoms with Gasteiger partial charge in [-0.1, -0.05) is 158 Å². The maximum atomic E-state index is 5.35. The predicted octanol–water partition coefficient (Wildman–Crippen LogP) is 11.9. The molecule has 0 aliphatic rings. The molecular weight excluding hydrogens is 563 g/mol. The zero-order valence-corrected chi connectivity index (χ0v) is 32.6. The Morgan fingerprint density at radius 3 is 1.04 bits per heavy atom. The van der Waals surface area contributed by atoms with Gasteiger partial charge in [0.1, 0.15) is 5.75 Å². The molecule has 0 saturated carbocycles. The monoisotopic (exact) mass is 632 g/mol. The molecule has 46 heavy (non-hydrogen) atoms. The van der Waals surface area contributed by atoms with Crippen LogP contribution < -0.4 is 4.74 Å². The van der Waals surface area contributed by atoms with Crippen LogP contribution in [0.5, 0.6) is 5.75 Å². The van der Waals surface area contributed by atoms with Gasteiger partial charge in [-0.15, -0.1) is 0 Å². The minimum Gasteiger partial charge on any atom is -0.496 e. The van der Waals surface area contributed by atoms with Crippen molar-refractivity contribution in [2.24, 2.45) is 0 Å². The van der Waals surface area contributed by atoms with Gasteiger partial charge in [0.05, 0.1) is 7.11 Å². The van der Waals surface area contributed by atoms with Crippen LogP contribution in [0.1, 0.15) is 88.8 Å². The van der Waals surface area contributed by atoms with E-state index in [-0.39, 0.29) is 13.8 Å². The molecule has 4 heteroatoms. The minimum atomic E-state index is -0.00447. The molecule has 0 amide bonds. The summed E-state index contributed by atoms with van der Waals surface area (Å²) in [5, 5.41) is 0. The fourth-order valence-corrected chi connectivity index (χ4v) is 3.48. The van der Waals surface area contributed by atoms with Gasteiger partial charge >= 0.3 is 0 Å². The van der Waals surface area contributed by atoms with Gasteiger partial charge in [-0.25, -0.2) is 0 Å². The zero-order valence-electron chi connectivity index (χ0n) is 32.6. The Hall–Kier alpha value is -3.34. The van der Waals surface area contributed by atoms with Crippen LogP contribution in [-0.2, 0) is 14.9 Å². The van der Waals surface area contributed by atoms with Crippen LogP contribution in [0, 0.1) is 27.7 Å². The number of rotatable bonds is 3. The summed E-state index contributed by atoms with van der Waals surface area (Å²) in [5.41, 5.74) is 7.86. The maximum Gasteiger partial charge on any atom is 0.121 e. The summed E-state index contributed by atoms with van der Waals surface area (Å²) < 4.78 is 13.9. The first-order valence-corrected chi connectivity index (χ1v) is 16.1. The second kappa shape index (κ2) is 36.1. The Bertz CT molecular complexity index is 1120. The lowest BCUT2D eigenvalue weighted by atomic mass is 9.77. The first-order chi connectivity index (χ1) is 21.6. The largest absolute Gasteiger partial charge is 0.496 e. The number of methoxy groups -OCH3 is 3. The molecule has 257 valence electrons. The molecule has 0 aliphatic heterocycles. The summed E-state index contributed by atoms with van der Waals surface area (Å²) in [4.78, 5) is 0. The highest BCUT2D eigenvalue weighted by Crippen LogP contribution is 2.34. The number of hydrogen-bond acceptors (Lipinski definition) is 3. The van der Waals surface area contributed by atoms with Crippen molar-refractivity contribution in [3.8, 4) is 5.75 Å². The molecule has 4 aromatic rings. The standard InChI is InChI=1S/C19H24O.C7H8.C6H6.2C2H6O.3C2H6.B/c1-13-7-8-16(11-14(13)2)19(4,5)17-9-10-18(20-6)15(3)12-17;1-7-5-3-2-4-6-7;1-2-4-6-5-3-1;2*1-3-2;3*1-2;/h7-12H,1-6H3;2-6H,1H3;1-6H;2*1-2H3;3*1-2H3;. The van der Waals surface area contributed by atoms with Crippen molar-refractivity contribution in [1.82, 2.24) is 0 Å². The van der Waals surface area contributed by atoms with E-state index in [4.69, 9.17) is 4.74 Å². The zero-order chi connectivity index (χ0) is 35.7. The second-order valence-electron chi connectivity index (χ2n) is 9.73. The number of hydrogen-bond donors (Lipinski definition) is 0. The molecule has 0 aliphatic carbocycles. The van der Waals surface area contributed by atoms with Gasteiger partial charge < -0.3 is 14.2 Å². The third kappa shape index (κ3) is 24.9. The molecule has 0 saturated heterocycles. The summed E-state index contributed by atoms with van der Waals surface area (Å²) in [7, 11) is 8.22. The van der Waals surface area contributed by atoms with Crippen molar-refractivity contribution < 1.29 is 14.2 Å². The van der Waals surface area contributed by atoms with Crippen molar-refractivity contribution in [2.45, 2.75) is 88.5 Å². The molecule has 0 bridgehead atoms. The minimum absolute atomic E-state index is 0. The van der Waals surface area contributed by atoms with Crippen molar-refractivity contribution in [3.05, 3.63) is 137 Å². The van der Waals surface area contributed by atoms with E-state index in [2.05, 4.69) is 99.5 Å². The van der Waals surface area contributed by atoms with Crippen LogP contribution in [0.2, 0.25) is 0 Å². The van der Waals surface area contributed by atoms with Gasteiger partial charge in [0.2, 0.25) is 0 Å². The Morgan fingerprint density at radius 2 is 0.761 bits per heavy atom. The van der Waals surface area contributed by atoms with Gasteiger partial charge in [-0.05, 0) is 61.6 Å². The van der Waals surface area contributed by atoms with Gasteiger partial charge in [0, 0.05) is 42.3 Å². The third-order valence-electron chi connectivity index (χ3n) is 5.95. The molecule has 0 fully saturated rings. The van der Waals surface area contributed by atoms with E-state index < -0.39 is 0 Å². The van der Waals surface area contributed by atoms with Crippen LogP contribution in [0.25, 0.3) is 0 Å². The molecular formula is C42H68BO3. The van der Waals surface area contributed by atoms with Gasteiger partial charge in [-0.3, -0.25) is 0 Å². The van der Waals surface area contributed by atoms with Crippen molar-refractivity contribution in [3.63, 3.8) is 0 Å². The summed E-state index contributed by atoms with van der Waals surface area (Å²) in [6.07, 6.45) is 0. The summed E-state index contributed by atoms with van der Waals surface area (Å²) >= 11 is 0. The molecule has 0 aromatic heterocycles. The van der Waals surface area contributed by atoms with E-state index in [0.29, 0.717) is 0 Å². The van der Waals surface area contributed by atoms with Gasteiger partial charge in [0.25, 0.3) is 0 Å². The topological polar surface area (TPSA) is 27.7 Å². The molecule has 4 rings (SSSR count). The average molecular weight is 632 g/mol. The van der Waals surface area contributed by atoms with E-state index in [0.717, 1.165) is 5.75 Å². The SMILES string of the molecule is CC.CC.CC.COC.COC.COc1ccc(C(C)(C)c2ccc(C)c(C)c2)cc1C.Cc1ccccc1.[B].c1ccccc1. The van der Waals surface area contributed by atoms with Crippen molar-refractivity contribution in [1.29, 1.82) is 0 Å². The maximum absolute atomic E-state index is 5.35. The Kier molecular flexibility index (Phi) is 41.0. The lowest BCUT2D eigenvalue weighted by molar-refractivity contribution is 0.277. The number of ether oxygens (including phenoxy) is 3. The highest BCUT2D eigenvalue weighted by Gasteiger charge is 2.24. The predicted molar refractivity (Wildman–Crippen MR) is 209 cm³/mol. The Labute approximate surface area is 288 Å². The van der Waals surface area contributed by atoms with E-state index in [1.165, 1.54) is 33.4 Å². The normalized spacial score (nSPS) is 8.54. The van der Waals surface area contributed by atoms with E-state index in [1.54, 1.807) is 35.5 Å². The Balaban J connectivity index is -0.000000177. The molecule has 4 aromatic carbocycles. The van der Waals surface area contributed by atoms with E-state index in [9.17, 15) is 0 Å². The second-order valence-corrected chi connectivity index (χ2v) is 9.73. The summed E-state index contributed by atoms with van der Waals surface area (Å²) in [5.74, 6) is 0.949. The smallest absolute Gasteiger partial charge is 0.121 e. The van der Waals surface area contributed by atoms with Crippen LogP contribution in [-0.4, -0.2) is 44.0 Å². The first-order valence-electron chi connectivity index (χ1n) is 16.1. The van der Waals surface area contributed by atoms with Gasteiger partial charge in [0.15, 0.2) is 0 Å². The molecule has 0 heterocycles. The lowest BCUT2D eigenvalue weighted by Gasteiger charge is -2.27. The number of benzene rings is 4. The summed E-state index contributed by atoms with van der Waals surface area (Å²) in [6, 6.07) is 35.5. The van der Waals surface area contributed by atoms with Crippen LogP contribution >= 0.6 is 0 Å². The van der Waals surface area contributed by atoms with Gasteiger partial charge in [-0.2, -0.15) is 0 Å². The molecule has 0 unspecified atom stereocenters. The highest BCUT2D eigenvalue weighted by molar-refractivity contribution is 5.75. The molecule has 0 spiro atoms. The van der Waals surface area contributed by atoms with Crippen molar-refractivity contribution >= 4 is 8.41 Å². The fourth-order valence-electron chi connectivity index (χ4n) is 3.48. The molecule has 0 atom stereocenters. The lowest BCUT2D eigenvalue weighted by Crippen LogP contribution is -2.19. The molecule has 0 N–H and O–H groups in total. The molecule has 3 radical (unpaired) electrons. The van der Waals surface area contributed by atoms with Crippen LogP contribution in [0.15, 0.2) is 103 Å². The summed E-state index contributed by atoms with van der Waals surface area (Å²) in [6.45, 7) is 25.1. The highest BCUT2D eigenvalue weighted by atomic mass is 16.5. The van der Waals surface area contributed by atoms with Crippen molar-refractivity contribution in [2.75, 3.05) is 35.5 Å². The first kappa shape index (κ1) is 52.2. The quantitative estimate of drug-likeness (QED) is 0.211. The fraction of sp³-hybridized carbons (Fsp3) is 0.429. The third-order valence-corrected chi connectivity index (χ3v) is 5.95. The Morgan fingerprint density at radius 1 is 0.435 bits per heavy atom. The van der Waals surface area contributed by atoms with Crippen LogP contribution in [0.3, 0.4) is 0 Å². The van der Waals surface area contributed by atoms with E-state index >= 15 is 0 Å². The van der Waals surface area contributed by atoms with Crippen LogP contribution in [0.4, 0.5) is 0 Å². The molecule has 3 nitrogen and oxygen atoms in total. The number of aryl methyl sites for hydroxylation is 4.